The smallest absolute Gasteiger partial charge is 0.169 e. The molecule has 0 aromatic heterocycles. The Morgan fingerprint density at radius 3 is 2.67 bits per heavy atom. The van der Waals surface area contributed by atoms with E-state index in [0.29, 0.717) is 5.41 Å². The zero-order chi connectivity index (χ0) is 8.23. The van der Waals surface area contributed by atoms with Crippen molar-refractivity contribution in [2.75, 3.05) is 13.2 Å². The van der Waals surface area contributed by atoms with E-state index in [1.165, 1.54) is 12.8 Å². The third kappa shape index (κ3) is 0.882. The van der Waals surface area contributed by atoms with Crippen LogP contribution < -0.4 is 0 Å². The molecule has 3 fully saturated rings. The summed E-state index contributed by atoms with van der Waals surface area (Å²) in [6, 6.07) is 0. The van der Waals surface area contributed by atoms with Gasteiger partial charge in [-0.2, -0.15) is 0 Å². The highest BCUT2D eigenvalue weighted by Gasteiger charge is 2.59. The topological polar surface area (TPSA) is 18.5 Å². The van der Waals surface area contributed by atoms with E-state index in [9.17, 15) is 0 Å². The van der Waals surface area contributed by atoms with Crippen LogP contribution in [0.2, 0.25) is 0 Å². The Morgan fingerprint density at radius 2 is 2.00 bits per heavy atom. The monoisotopic (exact) mass is 168 g/mol. The maximum atomic E-state index is 5.72. The van der Waals surface area contributed by atoms with Crippen LogP contribution in [0.1, 0.15) is 32.6 Å². The molecule has 68 valence electrons. The molecule has 1 saturated heterocycles. The Labute approximate surface area is 73.2 Å². The molecule has 0 N–H and O–H groups in total. The molecule has 0 radical (unpaired) electrons. The van der Waals surface area contributed by atoms with Crippen LogP contribution in [0, 0.1) is 11.3 Å². The van der Waals surface area contributed by atoms with Crippen molar-refractivity contribution in [2.45, 2.75) is 38.4 Å². The highest BCUT2D eigenvalue weighted by molar-refractivity contribution is 5.06. The third-order valence-corrected chi connectivity index (χ3v) is 3.90. The fourth-order valence-electron chi connectivity index (χ4n) is 3.01. The molecular formula is C10H16O2. The lowest BCUT2D eigenvalue weighted by Gasteiger charge is -2.34. The van der Waals surface area contributed by atoms with E-state index in [1.807, 2.05) is 0 Å². The van der Waals surface area contributed by atoms with E-state index < -0.39 is 0 Å². The fourth-order valence-corrected chi connectivity index (χ4v) is 3.01. The Hall–Kier alpha value is -0.0800. The van der Waals surface area contributed by atoms with Gasteiger partial charge in [-0.05, 0) is 24.2 Å². The van der Waals surface area contributed by atoms with Crippen LogP contribution in [-0.2, 0) is 9.47 Å². The molecule has 2 aliphatic carbocycles. The zero-order valence-electron chi connectivity index (χ0n) is 7.64. The highest BCUT2D eigenvalue weighted by Crippen LogP contribution is 2.64. The minimum atomic E-state index is -0.151. The average Bonchev–Trinajstić information content (AvgIpc) is 2.47. The standard InChI is InChI=1S/C10H16O2/c1-9-6-8(9)2-3-10(7-9)11-4-5-12-10/h8H,2-7H2,1H3. The summed E-state index contributed by atoms with van der Waals surface area (Å²) in [7, 11) is 0. The molecule has 1 heterocycles. The summed E-state index contributed by atoms with van der Waals surface area (Å²) in [5, 5.41) is 0. The minimum Gasteiger partial charge on any atom is -0.348 e. The van der Waals surface area contributed by atoms with E-state index in [-0.39, 0.29) is 5.79 Å². The second-order valence-electron chi connectivity index (χ2n) is 4.88. The van der Waals surface area contributed by atoms with Crippen LogP contribution in [0.3, 0.4) is 0 Å². The first-order chi connectivity index (χ1) is 5.73. The number of fused-ring (bicyclic) bond motifs is 1. The van der Waals surface area contributed by atoms with Crippen LogP contribution in [0.15, 0.2) is 0 Å². The van der Waals surface area contributed by atoms with Gasteiger partial charge in [-0.1, -0.05) is 6.92 Å². The van der Waals surface area contributed by atoms with Crippen LogP contribution in [0.5, 0.6) is 0 Å². The van der Waals surface area contributed by atoms with Crippen molar-refractivity contribution in [2.24, 2.45) is 11.3 Å². The molecule has 12 heavy (non-hydrogen) atoms. The van der Waals surface area contributed by atoms with Crippen molar-refractivity contribution in [3.05, 3.63) is 0 Å². The van der Waals surface area contributed by atoms with Crippen molar-refractivity contribution < 1.29 is 9.47 Å². The highest BCUT2D eigenvalue weighted by atomic mass is 16.7. The molecule has 3 rings (SSSR count). The van der Waals surface area contributed by atoms with Crippen molar-refractivity contribution in [1.29, 1.82) is 0 Å². The van der Waals surface area contributed by atoms with Crippen LogP contribution in [0.4, 0.5) is 0 Å². The molecule has 1 aliphatic heterocycles. The van der Waals surface area contributed by atoms with Gasteiger partial charge in [-0.3, -0.25) is 0 Å². The van der Waals surface area contributed by atoms with E-state index in [2.05, 4.69) is 6.92 Å². The van der Waals surface area contributed by atoms with Gasteiger partial charge < -0.3 is 9.47 Å². The predicted octanol–water partition coefficient (Wildman–Crippen LogP) is 1.94. The Morgan fingerprint density at radius 1 is 1.25 bits per heavy atom. The lowest BCUT2D eigenvalue weighted by molar-refractivity contribution is -0.187. The van der Waals surface area contributed by atoms with Crippen LogP contribution >= 0.6 is 0 Å². The van der Waals surface area contributed by atoms with Gasteiger partial charge in [0.05, 0.1) is 13.2 Å². The Bertz CT molecular complexity index is 208. The molecule has 1 spiro atoms. The van der Waals surface area contributed by atoms with Gasteiger partial charge in [-0.15, -0.1) is 0 Å². The van der Waals surface area contributed by atoms with Gasteiger partial charge in [0.1, 0.15) is 0 Å². The van der Waals surface area contributed by atoms with Gasteiger partial charge in [0.2, 0.25) is 0 Å². The van der Waals surface area contributed by atoms with Gasteiger partial charge in [0.15, 0.2) is 5.79 Å². The van der Waals surface area contributed by atoms with Gasteiger partial charge in [0.25, 0.3) is 0 Å². The van der Waals surface area contributed by atoms with Crippen LogP contribution in [-0.4, -0.2) is 19.0 Å². The third-order valence-electron chi connectivity index (χ3n) is 3.90. The molecular weight excluding hydrogens is 152 g/mol. The molecule has 3 aliphatic rings. The molecule has 2 nitrogen and oxygen atoms in total. The van der Waals surface area contributed by atoms with Crippen LogP contribution in [0.25, 0.3) is 0 Å². The van der Waals surface area contributed by atoms with Gasteiger partial charge in [0, 0.05) is 12.8 Å². The second kappa shape index (κ2) is 2.05. The lowest BCUT2D eigenvalue weighted by Crippen LogP contribution is -2.36. The number of rotatable bonds is 0. The van der Waals surface area contributed by atoms with Gasteiger partial charge in [-0.25, -0.2) is 0 Å². The zero-order valence-corrected chi connectivity index (χ0v) is 7.64. The molecule has 2 atom stereocenters. The molecule has 0 aromatic carbocycles. The Balaban J connectivity index is 1.80. The first kappa shape index (κ1) is 7.34. The Kier molecular flexibility index (Phi) is 1.25. The first-order valence-electron chi connectivity index (χ1n) is 5.00. The number of hydrogen-bond donors (Lipinski definition) is 0. The summed E-state index contributed by atoms with van der Waals surface area (Å²) in [5.74, 6) is 0.831. The number of ether oxygens (including phenoxy) is 2. The lowest BCUT2D eigenvalue weighted by atomic mass is 9.85. The van der Waals surface area contributed by atoms with Crippen molar-refractivity contribution in [1.82, 2.24) is 0 Å². The van der Waals surface area contributed by atoms with Crippen molar-refractivity contribution in [3.8, 4) is 0 Å². The first-order valence-corrected chi connectivity index (χ1v) is 5.00. The van der Waals surface area contributed by atoms with E-state index >= 15 is 0 Å². The average molecular weight is 168 g/mol. The minimum absolute atomic E-state index is 0.151. The SMILES string of the molecule is CC12CC1CCC1(C2)OCCO1. The molecule has 0 aromatic rings. The summed E-state index contributed by atoms with van der Waals surface area (Å²) in [5.41, 5.74) is 0.572. The predicted molar refractivity (Wildman–Crippen MR) is 44.7 cm³/mol. The molecule has 0 bridgehead atoms. The summed E-state index contributed by atoms with van der Waals surface area (Å²) in [6.07, 6.45) is 5.00. The molecule has 2 unspecified atom stereocenters. The quantitative estimate of drug-likeness (QED) is 0.550. The van der Waals surface area contributed by atoms with E-state index in [1.54, 1.807) is 0 Å². The summed E-state index contributed by atoms with van der Waals surface area (Å²) < 4.78 is 11.4. The molecule has 2 heteroatoms. The summed E-state index contributed by atoms with van der Waals surface area (Å²) in [4.78, 5) is 0. The largest absolute Gasteiger partial charge is 0.348 e. The fraction of sp³-hybridized carbons (Fsp3) is 1.00. The maximum absolute atomic E-state index is 5.72. The second-order valence-corrected chi connectivity index (χ2v) is 4.88. The van der Waals surface area contributed by atoms with Crippen molar-refractivity contribution >= 4 is 0 Å². The summed E-state index contributed by atoms with van der Waals surface area (Å²) in [6.45, 7) is 3.99. The molecule has 0 amide bonds. The van der Waals surface area contributed by atoms with E-state index in [4.69, 9.17) is 9.47 Å². The summed E-state index contributed by atoms with van der Waals surface area (Å²) >= 11 is 0. The van der Waals surface area contributed by atoms with E-state index in [0.717, 1.165) is 32.0 Å². The van der Waals surface area contributed by atoms with Gasteiger partial charge >= 0.3 is 0 Å². The number of hydrogen-bond acceptors (Lipinski definition) is 2. The molecule has 2 saturated carbocycles. The van der Waals surface area contributed by atoms with Crippen molar-refractivity contribution in [3.63, 3.8) is 0 Å². The maximum Gasteiger partial charge on any atom is 0.169 e. The normalized spacial score (nSPS) is 49.2.